The molecule has 0 bridgehead atoms. The number of hydrogen-bond donors (Lipinski definition) is 1. The quantitative estimate of drug-likeness (QED) is 0.823. The summed E-state index contributed by atoms with van der Waals surface area (Å²) in [7, 11) is 0. The summed E-state index contributed by atoms with van der Waals surface area (Å²) >= 11 is 0. The van der Waals surface area contributed by atoms with Gasteiger partial charge in [0.2, 0.25) is 0 Å². The second kappa shape index (κ2) is 4.27. The Morgan fingerprint density at radius 1 is 1.17 bits per heavy atom. The molecule has 18 heavy (non-hydrogen) atoms. The van der Waals surface area contributed by atoms with Crippen LogP contribution in [-0.4, -0.2) is 23.3 Å². The van der Waals surface area contributed by atoms with Crippen LogP contribution < -0.4 is 4.90 Å². The van der Waals surface area contributed by atoms with Crippen LogP contribution in [0.5, 0.6) is 0 Å². The molecule has 1 aromatic rings. The zero-order chi connectivity index (χ0) is 13.6. The Balaban J connectivity index is 2.26. The van der Waals surface area contributed by atoms with E-state index >= 15 is 0 Å². The smallest absolute Gasteiger partial charge is 0.0783 e. The van der Waals surface area contributed by atoms with Gasteiger partial charge in [-0.05, 0) is 43.4 Å². The highest BCUT2D eigenvalue weighted by Gasteiger charge is 2.40. The van der Waals surface area contributed by atoms with Crippen molar-refractivity contribution in [3.05, 3.63) is 29.8 Å². The first-order valence-corrected chi connectivity index (χ1v) is 6.79. The summed E-state index contributed by atoms with van der Waals surface area (Å²) in [5, 5.41) is 10.0. The minimum Gasteiger partial charge on any atom is -0.391 e. The Hall–Kier alpha value is -1.02. The molecule has 2 rings (SSSR count). The third-order valence-electron chi connectivity index (χ3n) is 4.18. The van der Waals surface area contributed by atoms with Gasteiger partial charge in [0.1, 0.15) is 0 Å². The van der Waals surface area contributed by atoms with Gasteiger partial charge in [0, 0.05) is 12.2 Å². The summed E-state index contributed by atoms with van der Waals surface area (Å²) in [5.41, 5.74) is 2.59. The van der Waals surface area contributed by atoms with Crippen LogP contribution in [0.15, 0.2) is 24.3 Å². The Kier molecular flexibility index (Phi) is 3.18. The molecule has 0 radical (unpaired) electrons. The summed E-state index contributed by atoms with van der Waals surface area (Å²) in [5.74, 6) is 0. The Labute approximate surface area is 111 Å². The van der Waals surface area contributed by atoms with Crippen LogP contribution in [0.3, 0.4) is 0 Å². The minimum absolute atomic E-state index is 0.163. The van der Waals surface area contributed by atoms with Gasteiger partial charge in [0.25, 0.3) is 0 Å². The van der Waals surface area contributed by atoms with Crippen molar-refractivity contribution in [3.8, 4) is 0 Å². The van der Waals surface area contributed by atoms with Gasteiger partial charge < -0.3 is 10.0 Å². The van der Waals surface area contributed by atoms with E-state index in [0.29, 0.717) is 0 Å². The maximum atomic E-state index is 10.0. The molecule has 2 nitrogen and oxygen atoms in total. The molecule has 1 heterocycles. The van der Waals surface area contributed by atoms with Crippen LogP contribution >= 0.6 is 0 Å². The monoisotopic (exact) mass is 247 g/mol. The van der Waals surface area contributed by atoms with Gasteiger partial charge in [-0.15, -0.1) is 0 Å². The SMILES string of the molecule is CC(C)(C)c1ccc(N2CCC(O)C2(C)C)cc1. The van der Waals surface area contributed by atoms with Gasteiger partial charge in [-0.3, -0.25) is 0 Å². The lowest BCUT2D eigenvalue weighted by molar-refractivity contribution is 0.127. The van der Waals surface area contributed by atoms with Gasteiger partial charge >= 0.3 is 0 Å². The third kappa shape index (κ3) is 2.26. The van der Waals surface area contributed by atoms with Gasteiger partial charge in [-0.25, -0.2) is 0 Å². The maximum absolute atomic E-state index is 10.0. The molecular formula is C16H25NO. The summed E-state index contributed by atoms with van der Waals surface area (Å²) in [6.07, 6.45) is 0.619. The summed E-state index contributed by atoms with van der Waals surface area (Å²) in [4.78, 5) is 2.31. The van der Waals surface area contributed by atoms with Crippen LogP contribution in [0.4, 0.5) is 5.69 Å². The van der Waals surface area contributed by atoms with Crippen molar-refractivity contribution >= 4 is 5.69 Å². The largest absolute Gasteiger partial charge is 0.391 e. The lowest BCUT2D eigenvalue weighted by atomic mass is 9.87. The van der Waals surface area contributed by atoms with E-state index in [-0.39, 0.29) is 17.1 Å². The minimum atomic E-state index is -0.236. The molecule has 2 heteroatoms. The zero-order valence-corrected chi connectivity index (χ0v) is 12.2. The van der Waals surface area contributed by atoms with E-state index in [4.69, 9.17) is 0 Å². The molecule has 1 aliphatic heterocycles. The fourth-order valence-electron chi connectivity index (χ4n) is 2.68. The number of anilines is 1. The standard InChI is InChI=1S/C16H25NO/c1-15(2,3)12-6-8-13(9-7-12)17-11-10-14(18)16(17,4)5/h6-9,14,18H,10-11H2,1-5H3. The predicted molar refractivity (Wildman–Crippen MR) is 77.2 cm³/mol. The first kappa shape index (κ1) is 13.4. The van der Waals surface area contributed by atoms with Crippen molar-refractivity contribution in [1.29, 1.82) is 0 Å². The van der Waals surface area contributed by atoms with Crippen molar-refractivity contribution in [3.63, 3.8) is 0 Å². The summed E-state index contributed by atoms with van der Waals surface area (Å²) < 4.78 is 0. The molecule has 0 aromatic heterocycles. The van der Waals surface area contributed by atoms with Crippen LogP contribution in [0.1, 0.15) is 46.6 Å². The Morgan fingerprint density at radius 2 is 1.72 bits per heavy atom. The first-order chi connectivity index (χ1) is 8.23. The Bertz CT molecular complexity index is 414. The van der Waals surface area contributed by atoms with Crippen molar-refractivity contribution in [2.24, 2.45) is 0 Å². The second-order valence-corrected chi connectivity index (χ2v) is 6.91. The average molecular weight is 247 g/mol. The fraction of sp³-hybridized carbons (Fsp3) is 0.625. The number of aliphatic hydroxyl groups is 1. The van der Waals surface area contributed by atoms with Gasteiger partial charge in [0.05, 0.1) is 11.6 Å². The Morgan fingerprint density at radius 3 is 2.11 bits per heavy atom. The van der Waals surface area contributed by atoms with Crippen LogP contribution in [0.25, 0.3) is 0 Å². The number of aliphatic hydroxyl groups excluding tert-OH is 1. The number of nitrogens with zero attached hydrogens (tertiary/aromatic N) is 1. The van der Waals surface area contributed by atoms with E-state index < -0.39 is 0 Å². The summed E-state index contributed by atoms with van der Waals surface area (Å²) in [6, 6.07) is 8.77. The highest BCUT2D eigenvalue weighted by Crippen LogP contribution is 2.34. The zero-order valence-electron chi connectivity index (χ0n) is 12.2. The average Bonchev–Trinajstić information content (AvgIpc) is 2.53. The molecule has 1 fully saturated rings. The predicted octanol–water partition coefficient (Wildman–Crippen LogP) is 3.33. The topological polar surface area (TPSA) is 23.5 Å². The van der Waals surface area contributed by atoms with Gasteiger partial charge in [0.15, 0.2) is 0 Å². The van der Waals surface area contributed by atoms with Crippen LogP contribution in [0, 0.1) is 0 Å². The molecular weight excluding hydrogens is 222 g/mol. The van der Waals surface area contributed by atoms with Crippen molar-refractivity contribution < 1.29 is 5.11 Å². The van der Waals surface area contributed by atoms with E-state index in [9.17, 15) is 5.11 Å². The molecule has 1 unspecified atom stereocenters. The lowest BCUT2D eigenvalue weighted by Crippen LogP contribution is -2.45. The molecule has 1 aliphatic rings. The second-order valence-electron chi connectivity index (χ2n) is 6.91. The van der Waals surface area contributed by atoms with Crippen LogP contribution in [0.2, 0.25) is 0 Å². The van der Waals surface area contributed by atoms with Crippen LogP contribution in [-0.2, 0) is 5.41 Å². The van der Waals surface area contributed by atoms with E-state index in [2.05, 4.69) is 63.8 Å². The molecule has 1 saturated heterocycles. The molecule has 1 atom stereocenters. The van der Waals surface area contributed by atoms with Gasteiger partial charge in [-0.1, -0.05) is 32.9 Å². The molecule has 0 saturated carbocycles. The van der Waals surface area contributed by atoms with E-state index in [0.717, 1.165) is 13.0 Å². The molecule has 0 aliphatic carbocycles. The fourth-order valence-corrected chi connectivity index (χ4v) is 2.68. The number of hydrogen-bond acceptors (Lipinski definition) is 2. The summed E-state index contributed by atoms with van der Waals surface area (Å²) in [6.45, 7) is 11.8. The van der Waals surface area contributed by atoms with Crippen molar-refractivity contribution in [2.45, 2.75) is 58.1 Å². The normalized spacial score (nSPS) is 23.4. The van der Waals surface area contributed by atoms with Crippen molar-refractivity contribution in [2.75, 3.05) is 11.4 Å². The van der Waals surface area contributed by atoms with Gasteiger partial charge in [-0.2, -0.15) is 0 Å². The number of rotatable bonds is 1. The highest BCUT2D eigenvalue weighted by molar-refractivity contribution is 5.52. The molecule has 0 spiro atoms. The highest BCUT2D eigenvalue weighted by atomic mass is 16.3. The maximum Gasteiger partial charge on any atom is 0.0783 e. The van der Waals surface area contributed by atoms with E-state index in [1.807, 2.05) is 0 Å². The first-order valence-electron chi connectivity index (χ1n) is 6.79. The molecule has 0 amide bonds. The number of benzene rings is 1. The molecule has 1 N–H and O–H groups in total. The van der Waals surface area contributed by atoms with E-state index in [1.54, 1.807) is 0 Å². The molecule has 1 aromatic carbocycles. The van der Waals surface area contributed by atoms with Crippen molar-refractivity contribution in [1.82, 2.24) is 0 Å². The molecule has 100 valence electrons. The van der Waals surface area contributed by atoms with E-state index in [1.165, 1.54) is 11.3 Å². The third-order valence-corrected chi connectivity index (χ3v) is 4.18. The lowest BCUT2D eigenvalue weighted by Gasteiger charge is -2.36.